The van der Waals surface area contributed by atoms with Crippen molar-refractivity contribution in [1.82, 2.24) is 0 Å². The lowest BCUT2D eigenvalue weighted by molar-refractivity contribution is -0.145. The Balaban J connectivity index is -0.000000302. The van der Waals surface area contributed by atoms with Crippen LogP contribution in [-0.4, -0.2) is 53.9 Å². The minimum atomic E-state index is -3.67. The fraction of sp³-hybridized carbons (Fsp3) is 0.543. The summed E-state index contributed by atoms with van der Waals surface area (Å²) in [7, 11) is -3.05. The molecule has 0 amide bonds. The summed E-state index contributed by atoms with van der Waals surface area (Å²) in [5.74, 6) is -1.40. The lowest BCUT2D eigenvalue weighted by Crippen LogP contribution is -3.00. The van der Waals surface area contributed by atoms with Crippen LogP contribution < -0.4 is 4.70 Å². The van der Waals surface area contributed by atoms with Crippen LogP contribution in [0.5, 0.6) is 0 Å². The maximum atomic E-state index is 13.5. The first-order valence-electron chi connectivity index (χ1n) is 15.3. The molecule has 5 nitrogen and oxygen atoms in total. The predicted molar refractivity (Wildman–Crippen MR) is 203 cm³/mol. The quantitative estimate of drug-likeness (QED) is 0.0856. The van der Waals surface area contributed by atoms with Gasteiger partial charge in [0.15, 0.2) is 0 Å². The van der Waals surface area contributed by atoms with Gasteiger partial charge in [-0.3, -0.25) is 17.7 Å². The Morgan fingerprint density at radius 1 is 0.860 bits per heavy atom. The predicted octanol–water partition coefficient (Wildman–Crippen LogP) is 7.58. The highest BCUT2D eigenvalue weighted by molar-refractivity contribution is 9.10. The second-order valence-electron chi connectivity index (χ2n) is 11.8. The molecule has 2 N–H and O–H groups in total. The van der Waals surface area contributed by atoms with E-state index in [0.29, 0.717) is 38.6 Å². The van der Waals surface area contributed by atoms with Crippen LogP contribution in [0, 0.1) is 23.0 Å². The van der Waals surface area contributed by atoms with Gasteiger partial charge in [-0.15, -0.1) is 0 Å². The number of rotatable bonds is 9. The van der Waals surface area contributed by atoms with E-state index in [-0.39, 0.29) is 52.5 Å². The topological polar surface area (TPSA) is 84.1 Å². The first-order chi connectivity index (χ1) is 21.7. The minimum Gasteiger partial charge on any atom is -1.00 e. The average Bonchev–Trinajstić information content (AvgIpc) is 3.52. The Hall–Kier alpha value is -1.97. The number of hydrogen-bond acceptors (Lipinski definition) is 4. The van der Waals surface area contributed by atoms with E-state index < -0.39 is 13.5 Å². The van der Waals surface area contributed by atoms with Crippen molar-refractivity contribution in [1.29, 1.82) is 0 Å². The molecule has 0 spiro atoms. The summed E-state index contributed by atoms with van der Waals surface area (Å²) in [6, 6.07) is 9.65. The van der Waals surface area contributed by atoms with Gasteiger partial charge in [-0.2, -0.15) is 0 Å². The molecular formula is C35H53BBr2F6O5S. The maximum Gasteiger partial charge on any atom is 0.762 e. The van der Waals surface area contributed by atoms with Gasteiger partial charge in [-0.05, 0) is 145 Å². The summed E-state index contributed by atoms with van der Waals surface area (Å²) in [5.41, 5.74) is 1.31. The van der Waals surface area contributed by atoms with E-state index in [1.54, 1.807) is 32.0 Å². The molecule has 2 atom stereocenters. The number of hydrogen-bond donors (Lipinski definition) is 0. The van der Waals surface area contributed by atoms with Crippen molar-refractivity contribution < 1.29 is 51.0 Å². The molecule has 50 heavy (non-hydrogen) atoms. The zero-order valence-electron chi connectivity index (χ0n) is 29.6. The molecule has 2 aromatic carbocycles. The third kappa shape index (κ3) is 19.6. The Morgan fingerprint density at radius 2 is 1.28 bits per heavy atom. The Kier molecular flexibility index (Phi) is 29.3. The fourth-order valence-electron chi connectivity index (χ4n) is 5.24. The van der Waals surface area contributed by atoms with E-state index in [0.717, 1.165) is 21.3 Å². The third-order valence-corrected chi connectivity index (χ3v) is 11.5. The largest absolute Gasteiger partial charge is 1.00 e. The van der Waals surface area contributed by atoms with Gasteiger partial charge in [0.05, 0.1) is 28.1 Å². The van der Waals surface area contributed by atoms with Crippen LogP contribution in [0.25, 0.3) is 6.08 Å². The first kappa shape index (κ1) is 54.8. The molecule has 2 aromatic rings. The number of benzene rings is 2. The lowest BCUT2D eigenvalue weighted by atomic mass is 10.0. The highest BCUT2D eigenvalue weighted by Crippen LogP contribution is 2.64. The van der Waals surface area contributed by atoms with Crippen LogP contribution in [0.1, 0.15) is 93.7 Å². The van der Waals surface area contributed by atoms with Crippen LogP contribution in [0.15, 0.2) is 51.4 Å². The van der Waals surface area contributed by atoms with Crippen molar-refractivity contribution in [3.05, 3.63) is 74.2 Å². The Bertz CT molecular complexity index is 1280. The standard InChI is InChI=1S/C14H16BrFO2.C11H10BrFO2.C9H21S.CH4.BF3.FH.H2O/c1-4-18-13(17)12-11(14(12,2)3)8-5-6-9(15)10(16)7-8;1-2-15-11(14)6-4-8-3-5-9(12)10(13)7-8;1-7(2)10(8(3)4)9(5)6;;2-1(3)4;;/h5-7,11-12H,4H2,1-3H3;3-7H,2H2,1H3;7-9H,1-6H3;1H4;;1H;1H2/q;;+1;;;;/p-1/b;6-4+;;;;;/t11?,12-;;;;;;/m1....../s1. The van der Waals surface area contributed by atoms with Crippen molar-refractivity contribution >= 4 is 68.3 Å². The number of esters is 2. The van der Waals surface area contributed by atoms with E-state index in [1.807, 2.05) is 19.9 Å². The van der Waals surface area contributed by atoms with Crippen LogP contribution in [-0.2, 0) is 30.0 Å². The van der Waals surface area contributed by atoms with Crippen LogP contribution >= 0.6 is 31.9 Å². The number of carbonyl (C=O) groups is 2. The fourth-order valence-corrected chi connectivity index (χ4v) is 9.00. The molecule has 0 bridgehead atoms. The summed E-state index contributed by atoms with van der Waals surface area (Å²) >= 11 is 6.17. The van der Waals surface area contributed by atoms with Gasteiger partial charge >= 0.3 is 19.5 Å². The van der Waals surface area contributed by atoms with E-state index in [9.17, 15) is 31.3 Å². The molecule has 288 valence electrons. The zero-order chi connectivity index (χ0) is 36.6. The third-order valence-electron chi connectivity index (χ3n) is 6.95. The summed E-state index contributed by atoms with van der Waals surface area (Å²) in [6.07, 6.45) is 2.78. The van der Waals surface area contributed by atoms with Gasteiger partial charge in [0.2, 0.25) is 0 Å². The van der Waals surface area contributed by atoms with Gasteiger partial charge in [-0.25, -0.2) is 13.6 Å². The van der Waals surface area contributed by atoms with Crippen LogP contribution in [0.2, 0.25) is 0 Å². The Morgan fingerprint density at radius 3 is 1.64 bits per heavy atom. The van der Waals surface area contributed by atoms with Crippen molar-refractivity contribution in [3.8, 4) is 0 Å². The van der Waals surface area contributed by atoms with Gasteiger partial charge in [0.1, 0.15) is 27.4 Å². The summed E-state index contributed by atoms with van der Waals surface area (Å²) in [6.45, 7) is 22.3. The second-order valence-corrected chi connectivity index (χ2v) is 17.1. The van der Waals surface area contributed by atoms with E-state index in [1.165, 1.54) is 24.3 Å². The smallest absolute Gasteiger partial charge is 0.762 e. The van der Waals surface area contributed by atoms with Gasteiger partial charge < -0.3 is 19.7 Å². The number of carbonyl (C=O) groups excluding carboxylic acids is 2. The second kappa shape index (κ2) is 26.8. The molecule has 1 aliphatic carbocycles. The van der Waals surface area contributed by atoms with Crippen molar-refractivity contribution in [3.63, 3.8) is 0 Å². The molecule has 15 heteroatoms. The molecule has 0 heterocycles. The molecule has 3 rings (SSSR count). The van der Waals surface area contributed by atoms with E-state index in [4.69, 9.17) is 4.74 Å². The van der Waals surface area contributed by atoms with Crippen molar-refractivity contribution in [2.24, 2.45) is 11.3 Å². The zero-order valence-corrected chi connectivity index (χ0v) is 33.6. The van der Waals surface area contributed by atoms with Gasteiger partial charge in [0, 0.05) is 12.0 Å². The molecule has 1 aliphatic rings. The lowest BCUT2D eigenvalue weighted by Gasteiger charge is -2.18. The SMILES string of the molecule is C.CC(C)[S+](C(C)C)C(C)C.CCOC(=O)/C=C/c1ccc(Br)c(F)c1.CCOC(=O)[C@H]1C(c2ccc(Br)c(F)c2)C1(C)C.FB(F)F.O.[F-]. The van der Waals surface area contributed by atoms with Gasteiger partial charge in [-0.1, -0.05) is 33.4 Å². The van der Waals surface area contributed by atoms with E-state index in [2.05, 4.69) is 78.1 Å². The van der Waals surface area contributed by atoms with Gasteiger partial charge in [0.25, 0.3) is 0 Å². The summed E-state index contributed by atoms with van der Waals surface area (Å²) in [4.78, 5) is 22.8. The van der Waals surface area contributed by atoms with Crippen molar-refractivity contribution in [2.45, 2.75) is 98.3 Å². The monoisotopic (exact) mass is 868 g/mol. The van der Waals surface area contributed by atoms with Crippen LogP contribution in [0.4, 0.5) is 21.7 Å². The normalized spacial score (nSPS) is 15.1. The molecule has 1 saturated carbocycles. The van der Waals surface area contributed by atoms with Crippen molar-refractivity contribution in [2.75, 3.05) is 13.2 Å². The molecule has 0 saturated heterocycles. The minimum absolute atomic E-state index is 0. The Labute approximate surface area is 315 Å². The number of halogens is 8. The molecule has 1 fully saturated rings. The average molecular weight is 870 g/mol. The summed E-state index contributed by atoms with van der Waals surface area (Å²) < 4.78 is 66.2. The molecule has 0 aromatic heterocycles. The van der Waals surface area contributed by atoms with E-state index >= 15 is 0 Å². The molecule has 0 aliphatic heterocycles. The maximum absolute atomic E-state index is 13.5. The van der Waals surface area contributed by atoms with Crippen LogP contribution in [0.3, 0.4) is 0 Å². The highest BCUT2D eigenvalue weighted by Gasteiger charge is 2.63. The molecule has 1 unspecified atom stereocenters. The first-order valence-corrected chi connectivity index (χ1v) is 18.3. The highest BCUT2D eigenvalue weighted by atomic mass is 79.9. The number of ether oxygens (including phenoxy) is 2. The summed E-state index contributed by atoms with van der Waals surface area (Å²) in [5, 5.41) is 2.58. The molecular weight excluding hydrogens is 817 g/mol. The molecule has 0 radical (unpaired) electrons.